The molecule has 104 valence electrons. The Morgan fingerprint density at radius 1 is 1.40 bits per heavy atom. The van der Waals surface area contributed by atoms with E-state index in [4.69, 9.17) is 16.2 Å². The van der Waals surface area contributed by atoms with Crippen molar-refractivity contribution >= 4 is 17.6 Å². The van der Waals surface area contributed by atoms with Crippen LogP contribution < -0.4 is 11.5 Å². The monoisotopic (exact) mass is 275 g/mol. The Morgan fingerprint density at radius 3 is 2.75 bits per heavy atom. The summed E-state index contributed by atoms with van der Waals surface area (Å²) in [7, 11) is 0. The van der Waals surface area contributed by atoms with E-state index in [2.05, 4.69) is 10.1 Å². The third-order valence-electron chi connectivity index (χ3n) is 2.52. The zero-order chi connectivity index (χ0) is 14.7. The van der Waals surface area contributed by atoms with Gasteiger partial charge in [-0.15, -0.1) is 0 Å². The first-order valence-electron chi connectivity index (χ1n) is 5.80. The van der Waals surface area contributed by atoms with Gasteiger partial charge in [-0.2, -0.15) is 5.10 Å². The molecular formula is C12H13N5O3. The predicted octanol–water partition coefficient (Wildman–Crippen LogP) is 0.125. The molecule has 0 unspecified atom stereocenters. The average molecular weight is 275 g/mol. The molecule has 4 N–H and O–H groups in total. The maximum Gasteiger partial charge on any atom is 0.340 e. The Balaban J connectivity index is 2.39. The second-order valence-corrected chi connectivity index (χ2v) is 3.89. The molecule has 0 spiro atoms. The zero-order valence-electron chi connectivity index (χ0n) is 10.7. The van der Waals surface area contributed by atoms with Gasteiger partial charge in [0.25, 0.3) is 5.91 Å². The van der Waals surface area contributed by atoms with Gasteiger partial charge in [0.2, 0.25) is 0 Å². The fraction of sp³-hybridized carbons (Fsp3) is 0.167. The highest BCUT2D eigenvalue weighted by Crippen LogP contribution is 2.15. The van der Waals surface area contributed by atoms with Crippen molar-refractivity contribution in [2.45, 2.75) is 6.92 Å². The second kappa shape index (κ2) is 5.39. The molecule has 0 radical (unpaired) electrons. The number of hydrogen-bond donors (Lipinski definition) is 2. The van der Waals surface area contributed by atoms with E-state index in [0.29, 0.717) is 5.82 Å². The van der Waals surface area contributed by atoms with Crippen LogP contribution in [-0.4, -0.2) is 33.2 Å². The second-order valence-electron chi connectivity index (χ2n) is 3.89. The first kappa shape index (κ1) is 13.5. The fourth-order valence-corrected chi connectivity index (χ4v) is 1.54. The minimum absolute atomic E-state index is 0.188. The van der Waals surface area contributed by atoms with Gasteiger partial charge in [0.05, 0.1) is 35.8 Å². The smallest absolute Gasteiger partial charge is 0.340 e. The molecule has 2 rings (SSSR count). The number of anilines is 1. The zero-order valence-corrected chi connectivity index (χ0v) is 10.7. The van der Waals surface area contributed by atoms with Crippen molar-refractivity contribution in [3.63, 3.8) is 0 Å². The van der Waals surface area contributed by atoms with Gasteiger partial charge in [0, 0.05) is 6.20 Å². The lowest BCUT2D eigenvalue weighted by Gasteiger charge is -2.07. The van der Waals surface area contributed by atoms with Crippen LogP contribution in [0.5, 0.6) is 0 Å². The van der Waals surface area contributed by atoms with Gasteiger partial charge in [0.15, 0.2) is 5.82 Å². The highest BCUT2D eigenvalue weighted by Gasteiger charge is 2.14. The van der Waals surface area contributed by atoms with E-state index in [-0.39, 0.29) is 23.4 Å². The molecule has 0 fully saturated rings. The maximum atomic E-state index is 11.7. The number of nitrogens with zero attached hydrogens (tertiary/aromatic N) is 3. The van der Waals surface area contributed by atoms with Gasteiger partial charge in [-0.05, 0) is 13.0 Å². The summed E-state index contributed by atoms with van der Waals surface area (Å²) < 4.78 is 6.21. The minimum atomic E-state index is -0.600. The number of amides is 1. The summed E-state index contributed by atoms with van der Waals surface area (Å²) in [4.78, 5) is 26.8. The number of nitrogen functional groups attached to an aromatic ring is 1. The number of pyridine rings is 1. The number of rotatable bonds is 4. The van der Waals surface area contributed by atoms with Gasteiger partial charge in [0.1, 0.15) is 0 Å². The summed E-state index contributed by atoms with van der Waals surface area (Å²) in [5.41, 5.74) is 11.5. The van der Waals surface area contributed by atoms with Crippen LogP contribution in [0.2, 0.25) is 0 Å². The van der Waals surface area contributed by atoms with Gasteiger partial charge in [-0.3, -0.25) is 4.79 Å². The molecule has 2 aromatic heterocycles. The van der Waals surface area contributed by atoms with Crippen LogP contribution in [0, 0.1) is 0 Å². The molecule has 0 aliphatic carbocycles. The van der Waals surface area contributed by atoms with E-state index in [9.17, 15) is 9.59 Å². The van der Waals surface area contributed by atoms with Crippen molar-refractivity contribution in [2.24, 2.45) is 5.73 Å². The summed E-state index contributed by atoms with van der Waals surface area (Å²) in [5, 5.41) is 3.94. The summed E-state index contributed by atoms with van der Waals surface area (Å²) in [6, 6.07) is 1.44. The molecule has 8 heteroatoms. The molecular weight excluding hydrogens is 262 g/mol. The van der Waals surface area contributed by atoms with Crippen LogP contribution in [0.3, 0.4) is 0 Å². The molecule has 20 heavy (non-hydrogen) atoms. The van der Waals surface area contributed by atoms with E-state index in [1.54, 1.807) is 6.92 Å². The number of nitrogens with two attached hydrogens (primary N) is 2. The number of hydrogen-bond acceptors (Lipinski definition) is 6. The van der Waals surface area contributed by atoms with E-state index in [0.717, 1.165) is 0 Å². The maximum absolute atomic E-state index is 11.7. The van der Waals surface area contributed by atoms with Crippen LogP contribution in [0.4, 0.5) is 5.69 Å². The summed E-state index contributed by atoms with van der Waals surface area (Å²) in [6.07, 6.45) is 4.05. The predicted molar refractivity (Wildman–Crippen MR) is 70.2 cm³/mol. The number of ether oxygens (including phenoxy) is 1. The van der Waals surface area contributed by atoms with Crippen molar-refractivity contribution in [1.29, 1.82) is 0 Å². The highest BCUT2D eigenvalue weighted by atomic mass is 16.5. The Bertz CT molecular complexity index is 665. The lowest BCUT2D eigenvalue weighted by Crippen LogP contribution is -2.11. The summed E-state index contributed by atoms with van der Waals surface area (Å²) in [5.74, 6) is -0.817. The van der Waals surface area contributed by atoms with Crippen molar-refractivity contribution < 1.29 is 14.3 Å². The molecule has 2 heterocycles. The van der Waals surface area contributed by atoms with Crippen LogP contribution in [0.25, 0.3) is 5.82 Å². The van der Waals surface area contributed by atoms with E-state index >= 15 is 0 Å². The lowest BCUT2D eigenvalue weighted by molar-refractivity contribution is 0.0527. The van der Waals surface area contributed by atoms with E-state index in [1.165, 1.54) is 29.3 Å². The topological polar surface area (TPSA) is 126 Å². The minimum Gasteiger partial charge on any atom is -0.462 e. The van der Waals surface area contributed by atoms with Crippen molar-refractivity contribution in [2.75, 3.05) is 12.3 Å². The lowest BCUT2D eigenvalue weighted by atomic mass is 10.2. The van der Waals surface area contributed by atoms with Crippen molar-refractivity contribution in [1.82, 2.24) is 14.8 Å². The molecule has 0 atom stereocenters. The number of carbonyl (C=O) groups is 2. The summed E-state index contributed by atoms with van der Waals surface area (Å²) >= 11 is 0. The molecule has 8 nitrogen and oxygen atoms in total. The van der Waals surface area contributed by atoms with Crippen molar-refractivity contribution in [3.8, 4) is 5.82 Å². The molecule has 0 bridgehead atoms. The van der Waals surface area contributed by atoms with Crippen LogP contribution in [0.15, 0.2) is 24.7 Å². The Labute approximate surface area is 114 Å². The third kappa shape index (κ3) is 2.58. The molecule has 0 aromatic carbocycles. The van der Waals surface area contributed by atoms with Gasteiger partial charge in [-0.25, -0.2) is 14.5 Å². The highest BCUT2D eigenvalue weighted by molar-refractivity contribution is 5.95. The van der Waals surface area contributed by atoms with Gasteiger partial charge in [-0.1, -0.05) is 0 Å². The molecule has 1 amide bonds. The molecule has 0 saturated heterocycles. The molecule has 0 saturated carbocycles. The number of esters is 1. The average Bonchev–Trinajstić information content (AvgIpc) is 2.89. The van der Waals surface area contributed by atoms with E-state index < -0.39 is 11.9 Å². The Kier molecular flexibility index (Phi) is 3.65. The third-order valence-corrected chi connectivity index (χ3v) is 2.52. The largest absolute Gasteiger partial charge is 0.462 e. The van der Waals surface area contributed by atoms with Crippen LogP contribution in [0.1, 0.15) is 27.6 Å². The quantitative estimate of drug-likeness (QED) is 0.763. The first-order valence-corrected chi connectivity index (χ1v) is 5.80. The molecule has 2 aromatic rings. The Morgan fingerprint density at radius 2 is 2.15 bits per heavy atom. The fourth-order valence-electron chi connectivity index (χ4n) is 1.54. The SMILES string of the molecule is CCOC(=O)c1cc(-n2cc(C(N)=O)cn2)ncc1N. The number of carbonyl (C=O) groups excluding carboxylic acids is 2. The number of primary amides is 1. The van der Waals surface area contributed by atoms with E-state index in [1.807, 2.05) is 0 Å². The first-order chi connectivity index (χ1) is 9.52. The Hall–Kier alpha value is -2.90. The number of aromatic nitrogens is 3. The van der Waals surface area contributed by atoms with Gasteiger partial charge >= 0.3 is 5.97 Å². The van der Waals surface area contributed by atoms with Crippen molar-refractivity contribution in [3.05, 3.63) is 35.8 Å². The van der Waals surface area contributed by atoms with Crippen LogP contribution >= 0.6 is 0 Å². The summed E-state index contributed by atoms with van der Waals surface area (Å²) in [6.45, 7) is 1.94. The van der Waals surface area contributed by atoms with Crippen LogP contribution in [-0.2, 0) is 4.74 Å². The standard InChI is InChI=1S/C12H13N5O3/c1-2-20-12(19)8-3-10(15-5-9(8)13)17-6-7(4-16-17)11(14)18/h3-6H,2,13H2,1H3,(H2,14,18). The normalized spacial score (nSPS) is 10.2. The van der Waals surface area contributed by atoms with Gasteiger partial charge < -0.3 is 16.2 Å². The molecule has 0 aliphatic rings. The molecule has 0 aliphatic heterocycles.